The number of rotatable bonds is 6. The van der Waals surface area contributed by atoms with Crippen LogP contribution in [0.1, 0.15) is 12.5 Å². The van der Waals surface area contributed by atoms with Crippen LogP contribution >= 0.6 is 11.6 Å². The first-order valence-corrected chi connectivity index (χ1v) is 11.0. The smallest absolute Gasteiger partial charge is 0.266 e. The fraction of sp³-hybridized carbons (Fsp3) is 0.300. The monoisotopic (exact) mass is 435 g/mol. The SMILES string of the molecule is CC(O/N=C/c1ccc(Cl)cc1)C(=O)N1CCN(S(=O)(=O)c2ccccc2)CC1. The van der Waals surface area contributed by atoms with Gasteiger partial charge in [0.05, 0.1) is 11.1 Å². The zero-order valence-corrected chi connectivity index (χ0v) is 17.5. The van der Waals surface area contributed by atoms with Gasteiger partial charge in [-0.2, -0.15) is 4.31 Å². The van der Waals surface area contributed by atoms with Crippen molar-refractivity contribution < 1.29 is 18.0 Å². The van der Waals surface area contributed by atoms with Crippen LogP contribution < -0.4 is 0 Å². The molecule has 1 atom stereocenters. The molecular formula is C20H22ClN3O4S. The van der Waals surface area contributed by atoms with Gasteiger partial charge in [0.1, 0.15) is 0 Å². The summed E-state index contributed by atoms with van der Waals surface area (Å²) in [6.07, 6.45) is 0.737. The summed E-state index contributed by atoms with van der Waals surface area (Å²) in [7, 11) is -3.55. The fourth-order valence-electron chi connectivity index (χ4n) is 2.92. The number of amides is 1. The number of hydrogen-bond donors (Lipinski definition) is 0. The third kappa shape index (κ3) is 5.35. The van der Waals surface area contributed by atoms with Crippen molar-refractivity contribution in [2.24, 2.45) is 5.16 Å². The molecule has 0 bridgehead atoms. The van der Waals surface area contributed by atoms with E-state index in [0.717, 1.165) is 5.56 Å². The van der Waals surface area contributed by atoms with Crippen LogP contribution in [-0.4, -0.2) is 62.0 Å². The molecule has 9 heteroatoms. The van der Waals surface area contributed by atoms with Gasteiger partial charge in [-0.15, -0.1) is 0 Å². The summed E-state index contributed by atoms with van der Waals surface area (Å²) in [4.78, 5) is 19.7. The molecule has 1 fully saturated rings. The van der Waals surface area contributed by atoms with E-state index in [1.54, 1.807) is 66.4 Å². The molecule has 1 aliphatic rings. The first-order chi connectivity index (χ1) is 13.9. The summed E-state index contributed by atoms with van der Waals surface area (Å²) in [5.41, 5.74) is 0.800. The molecule has 2 aromatic carbocycles. The highest BCUT2D eigenvalue weighted by atomic mass is 35.5. The normalized spacial score (nSPS) is 16.7. The van der Waals surface area contributed by atoms with Gasteiger partial charge in [0.25, 0.3) is 5.91 Å². The topological polar surface area (TPSA) is 79.3 Å². The number of sulfonamides is 1. The Morgan fingerprint density at radius 3 is 2.31 bits per heavy atom. The molecule has 0 spiro atoms. The van der Waals surface area contributed by atoms with Crippen LogP contribution in [0.5, 0.6) is 0 Å². The lowest BCUT2D eigenvalue weighted by Crippen LogP contribution is -2.52. The van der Waals surface area contributed by atoms with Crippen molar-refractivity contribution in [2.45, 2.75) is 17.9 Å². The Labute approximate surface area is 175 Å². The van der Waals surface area contributed by atoms with Crippen molar-refractivity contribution in [3.63, 3.8) is 0 Å². The lowest BCUT2D eigenvalue weighted by Gasteiger charge is -2.34. The summed E-state index contributed by atoms with van der Waals surface area (Å²) < 4.78 is 26.7. The van der Waals surface area contributed by atoms with Crippen LogP contribution in [0, 0.1) is 0 Å². The molecule has 154 valence electrons. The van der Waals surface area contributed by atoms with E-state index >= 15 is 0 Å². The second-order valence-corrected chi connectivity index (χ2v) is 8.95. The van der Waals surface area contributed by atoms with Gasteiger partial charge in [0, 0.05) is 31.2 Å². The predicted octanol–water partition coefficient (Wildman–Crippen LogP) is 2.61. The maximum Gasteiger partial charge on any atom is 0.266 e. The molecule has 7 nitrogen and oxygen atoms in total. The molecule has 3 rings (SSSR count). The number of benzene rings is 2. The highest BCUT2D eigenvalue weighted by Gasteiger charge is 2.31. The van der Waals surface area contributed by atoms with Gasteiger partial charge in [-0.25, -0.2) is 8.42 Å². The van der Waals surface area contributed by atoms with E-state index in [-0.39, 0.29) is 23.9 Å². The van der Waals surface area contributed by atoms with Crippen molar-refractivity contribution >= 4 is 33.7 Å². The summed E-state index contributed by atoms with van der Waals surface area (Å²) in [6, 6.07) is 15.3. The third-order valence-corrected chi connectivity index (χ3v) is 6.73. The highest BCUT2D eigenvalue weighted by Crippen LogP contribution is 2.17. The summed E-state index contributed by atoms with van der Waals surface area (Å²) in [6.45, 7) is 2.71. The highest BCUT2D eigenvalue weighted by molar-refractivity contribution is 7.89. The number of oxime groups is 1. The minimum atomic E-state index is -3.55. The Hall–Kier alpha value is -2.42. The Bertz CT molecular complexity index is 957. The van der Waals surface area contributed by atoms with Crippen molar-refractivity contribution in [1.29, 1.82) is 0 Å². The second kappa shape index (κ2) is 9.39. The summed E-state index contributed by atoms with van der Waals surface area (Å²) in [5, 5.41) is 4.48. The van der Waals surface area contributed by atoms with E-state index in [0.29, 0.717) is 18.1 Å². The summed E-state index contributed by atoms with van der Waals surface area (Å²) in [5.74, 6) is -0.227. The fourth-order valence-corrected chi connectivity index (χ4v) is 4.49. The minimum absolute atomic E-state index is 0.227. The molecule has 0 aromatic heterocycles. The van der Waals surface area contributed by atoms with E-state index in [2.05, 4.69) is 5.16 Å². The van der Waals surface area contributed by atoms with E-state index < -0.39 is 16.1 Å². The van der Waals surface area contributed by atoms with Gasteiger partial charge in [0.2, 0.25) is 16.1 Å². The Morgan fingerprint density at radius 2 is 1.69 bits per heavy atom. The predicted molar refractivity (Wildman–Crippen MR) is 111 cm³/mol. The van der Waals surface area contributed by atoms with Crippen molar-refractivity contribution in [3.8, 4) is 0 Å². The molecule has 1 heterocycles. The van der Waals surface area contributed by atoms with E-state index in [1.807, 2.05) is 0 Å². The Balaban J connectivity index is 1.52. The number of carbonyl (C=O) groups excluding carboxylic acids is 1. The molecule has 2 aromatic rings. The molecule has 1 amide bonds. The minimum Gasteiger partial charge on any atom is -0.383 e. The largest absolute Gasteiger partial charge is 0.383 e. The first-order valence-electron chi connectivity index (χ1n) is 9.16. The molecule has 1 saturated heterocycles. The summed E-state index contributed by atoms with van der Waals surface area (Å²) >= 11 is 5.83. The van der Waals surface area contributed by atoms with Crippen molar-refractivity contribution in [3.05, 3.63) is 65.2 Å². The van der Waals surface area contributed by atoms with Crippen LogP contribution in [-0.2, 0) is 19.7 Å². The molecule has 29 heavy (non-hydrogen) atoms. The van der Waals surface area contributed by atoms with Crippen LogP contribution in [0.4, 0.5) is 0 Å². The molecule has 0 aliphatic carbocycles. The maximum atomic E-state index is 12.7. The molecule has 0 saturated carbocycles. The van der Waals surface area contributed by atoms with Crippen LogP contribution in [0.2, 0.25) is 5.02 Å². The first kappa shape index (κ1) is 21.3. The molecule has 0 radical (unpaired) electrons. The number of hydrogen-bond acceptors (Lipinski definition) is 5. The van der Waals surface area contributed by atoms with E-state index in [9.17, 15) is 13.2 Å². The lowest BCUT2D eigenvalue weighted by molar-refractivity contribution is -0.143. The average Bonchev–Trinajstić information content (AvgIpc) is 2.75. The Morgan fingerprint density at radius 1 is 1.07 bits per heavy atom. The van der Waals surface area contributed by atoms with Crippen molar-refractivity contribution in [2.75, 3.05) is 26.2 Å². The molecule has 0 N–H and O–H groups in total. The zero-order chi connectivity index (χ0) is 20.9. The number of halogens is 1. The van der Waals surface area contributed by atoms with Gasteiger partial charge >= 0.3 is 0 Å². The van der Waals surface area contributed by atoms with Gasteiger partial charge in [0.15, 0.2) is 0 Å². The molecule has 1 aliphatic heterocycles. The van der Waals surface area contributed by atoms with E-state index in [1.165, 1.54) is 10.5 Å². The van der Waals surface area contributed by atoms with Crippen LogP contribution in [0.3, 0.4) is 0 Å². The van der Waals surface area contributed by atoms with Gasteiger partial charge < -0.3 is 9.74 Å². The van der Waals surface area contributed by atoms with Gasteiger partial charge in [-0.3, -0.25) is 4.79 Å². The lowest BCUT2D eigenvalue weighted by atomic mass is 10.2. The van der Waals surface area contributed by atoms with E-state index in [4.69, 9.17) is 16.4 Å². The van der Waals surface area contributed by atoms with Gasteiger partial charge in [-0.1, -0.05) is 47.1 Å². The van der Waals surface area contributed by atoms with Crippen LogP contribution in [0.25, 0.3) is 0 Å². The molecular weight excluding hydrogens is 414 g/mol. The number of nitrogens with zero attached hydrogens (tertiary/aromatic N) is 3. The van der Waals surface area contributed by atoms with Gasteiger partial charge in [-0.05, 0) is 36.8 Å². The average molecular weight is 436 g/mol. The van der Waals surface area contributed by atoms with Crippen molar-refractivity contribution in [1.82, 2.24) is 9.21 Å². The van der Waals surface area contributed by atoms with Crippen LogP contribution in [0.15, 0.2) is 64.6 Å². The second-order valence-electron chi connectivity index (χ2n) is 6.58. The number of piperazine rings is 1. The number of carbonyl (C=O) groups is 1. The zero-order valence-electron chi connectivity index (χ0n) is 15.9. The standard InChI is InChI=1S/C20H22ClN3O4S/c1-16(28-22-15-17-7-9-18(21)10-8-17)20(25)23-11-13-24(14-12-23)29(26,27)19-5-3-2-4-6-19/h2-10,15-16H,11-14H2,1H3/b22-15+. The third-order valence-electron chi connectivity index (χ3n) is 4.57. The molecule has 1 unspecified atom stereocenters. The quantitative estimate of drug-likeness (QED) is 0.516. The maximum absolute atomic E-state index is 12.7. The Kier molecular flexibility index (Phi) is 6.89.